The number of carbonyl (C=O) groups is 1. The van der Waals surface area contributed by atoms with E-state index in [4.69, 9.17) is 0 Å². The van der Waals surface area contributed by atoms with E-state index in [0.29, 0.717) is 12.0 Å². The van der Waals surface area contributed by atoms with Crippen molar-refractivity contribution in [1.82, 2.24) is 0 Å². The number of hydrogen-bond acceptors (Lipinski definition) is 2. The molecule has 0 amide bonds. The first-order valence-corrected chi connectivity index (χ1v) is 5.24. The van der Waals surface area contributed by atoms with E-state index in [1.54, 1.807) is 0 Å². The molecule has 1 aromatic rings. The molecule has 0 aliphatic heterocycles. The van der Waals surface area contributed by atoms with Crippen LogP contribution in [0.2, 0.25) is 0 Å². The van der Waals surface area contributed by atoms with Crippen molar-refractivity contribution in [3.63, 3.8) is 0 Å². The van der Waals surface area contributed by atoms with Crippen molar-refractivity contribution in [3.8, 4) is 0 Å². The van der Waals surface area contributed by atoms with Crippen LogP contribution in [0.3, 0.4) is 0 Å². The van der Waals surface area contributed by atoms with E-state index in [0.717, 1.165) is 0 Å². The minimum Gasteiger partial charge on any atom is -0.376 e. The number of ketones is 1. The van der Waals surface area contributed by atoms with E-state index >= 15 is 0 Å². The third kappa shape index (κ3) is 5.49. The van der Waals surface area contributed by atoms with Crippen molar-refractivity contribution < 1.29 is 22.7 Å². The van der Waals surface area contributed by atoms with Gasteiger partial charge in [-0.05, 0) is 30.7 Å². The van der Waals surface area contributed by atoms with Gasteiger partial charge < -0.3 is 4.74 Å². The Labute approximate surface area is 97.4 Å². The fraction of sp³-hybridized carbons (Fsp3) is 0.417. The lowest BCUT2D eigenvalue weighted by molar-refractivity contribution is 0.0164. The van der Waals surface area contributed by atoms with Gasteiger partial charge in [-0.3, -0.25) is 4.79 Å². The Kier molecular flexibility index (Phi) is 5.69. The number of halogens is 3. The number of hydrogen-bond donors (Lipinski definition) is 0. The predicted octanol–water partition coefficient (Wildman–Crippen LogP) is 3.07. The van der Waals surface area contributed by atoms with E-state index in [-0.39, 0.29) is 18.8 Å². The SMILES string of the molecule is O=C(CCCOCC(F)F)c1ccc(F)cc1. The third-order valence-corrected chi connectivity index (χ3v) is 2.10. The van der Waals surface area contributed by atoms with Gasteiger partial charge in [0.1, 0.15) is 12.4 Å². The highest BCUT2D eigenvalue weighted by molar-refractivity contribution is 5.95. The number of carbonyl (C=O) groups excluding carboxylic acids is 1. The highest BCUT2D eigenvalue weighted by Crippen LogP contribution is 2.07. The largest absolute Gasteiger partial charge is 0.376 e. The fourth-order valence-corrected chi connectivity index (χ4v) is 1.29. The van der Waals surface area contributed by atoms with Gasteiger partial charge in [-0.2, -0.15) is 0 Å². The van der Waals surface area contributed by atoms with Crippen molar-refractivity contribution in [2.45, 2.75) is 19.3 Å². The molecule has 0 aromatic heterocycles. The predicted molar refractivity (Wildman–Crippen MR) is 56.8 cm³/mol. The second kappa shape index (κ2) is 7.06. The second-order valence-corrected chi connectivity index (χ2v) is 3.50. The number of alkyl halides is 2. The van der Waals surface area contributed by atoms with Crippen LogP contribution in [0.5, 0.6) is 0 Å². The van der Waals surface area contributed by atoms with Gasteiger partial charge in [0, 0.05) is 18.6 Å². The summed E-state index contributed by atoms with van der Waals surface area (Å²) in [5.74, 6) is -0.549. The van der Waals surface area contributed by atoms with E-state index < -0.39 is 18.8 Å². The van der Waals surface area contributed by atoms with Gasteiger partial charge in [0.2, 0.25) is 0 Å². The fourth-order valence-electron chi connectivity index (χ4n) is 1.29. The highest BCUT2D eigenvalue weighted by Gasteiger charge is 2.06. The van der Waals surface area contributed by atoms with Gasteiger partial charge in [-0.1, -0.05) is 0 Å². The zero-order chi connectivity index (χ0) is 12.7. The summed E-state index contributed by atoms with van der Waals surface area (Å²) in [4.78, 5) is 11.5. The first kappa shape index (κ1) is 13.7. The standard InChI is InChI=1S/C12H13F3O2/c13-10-5-3-9(4-6-10)11(16)2-1-7-17-8-12(14)15/h3-6,12H,1-2,7-8H2. The molecule has 0 heterocycles. The van der Waals surface area contributed by atoms with Crippen molar-refractivity contribution >= 4 is 5.78 Å². The maximum absolute atomic E-state index is 12.6. The van der Waals surface area contributed by atoms with E-state index in [1.807, 2.05) is 0 Å². The molecule has 0 aliphatic carbocycles. The Morgan fingerprint density at radius 2 is 1.88 bits per heavy atom. The first-order valence-electron chi connectivity index (χ1n) is 5.24. The number of benzene rings is 1. The Morgan fingerprint density at radius 1 is 1.24 bits per heavy atom. The van der Waals surface area contributed by atoms with Gasteiger partial charge in [0.15, 0.2) is 5.78 Å². The van der Waals surface area contributed by atoms with Crippen molar-refractivity contribution in [2.75, 3.05) is 13.2 Å². The Bertz CT molecular complexity index is 349. The first-order chi connectivity index (χ1) is 8.09. The molecule has 0 N–H and O–H groups in total. The third-order valence-electron chi connectivity index (χ3n) is 2.10. The van der Waals surface area contributed by atoms with Crippen molar-refractivity contribution in [1.29, 1.82) is 0 Å². The summed E-state index contributed by atoms with van der Waals surface area (Å²) >= 11 is 0. The minimum absolute atomic E-state index is 0.122. The molecule has 2 nitrogen and oxygen atoms in total. The molecule has 0 fully saturated rings. The monoisotopic (exact) mass is 246 g/mol. The molecule has 0 saturated carbocycles. The molecule has 0 spiro atoms. The van der Waals surface area contributed by atoms with Gasteiger partial charge in [0.05, 0.1) is 0 Å². The molecule has 0 aliphatic rings. The van der Waals surface area contributed by atoms with Crippen LogP contribution in [0.15, 0.2) is 24.3 Å². The molecule has 5 heteroatoms. The molecular formula is C12H13F3O2. The summed E-state index contributed by atoms with van der Waals surface area (Å²) in [5, 5.41) is 0. The maximum Gasteiger partial charge on any atom is 0.261 e. The zero-order valence-electron chi connectivity index (χ0n) is 9.17. The van der Waals surface area contributed by atoms with Crippen molar-refractivity contribution in [2.24, 2.45) is 0 Å². The van der Waals surface area contributed by atoms with Crippen LogP contribution >= 0.6 is 0 Å². The summed E-state index contributed by atoms with van der Waals surface area (Å²) in [6.07, 6.45) is -1.90. The Hall–Kier alpha value is -1.36. The van der Waals surface area contributed by atoms with Gasteiger partial charge in [-0.15, -0.1) is 0 Å². The second-order valence-electron chi connectivity index (χ2n) is 3.50. The number of rotatable bonds is 7. The average molecular weight is 246 g/mol. The quantitative estimate of drug-likeness (QED) is 0.546. The topological polar surface area (TPSA) is 26.3 Å². The Balaban J connectivity index is 2.23. The summed E-state index contributed by atoms with van der Waals surface area (Å²) < 4.78 is 40.6. The lowest BCUT2D eigenvalue weighted by Crippen LogP contribution is -2.07. The normalized spacial score (nSPS) is 10.8. The molecule has 17 heavy (non-hydrogen) atoms. The van der Waals surface area contributed by atoms with Crippen LogP contribution in [-0.4, -0.2) is 25.4 Å². The summed E-state index contributed by atoms with van der Waals surface area (Å²) in [6.45, 7) is -0.484. The van der Waals surface area contributed by atoms with Crippen LogP contribution in [0.4, 0.5) is 13.2 Å². The van der Waals surface area contributed by atoms with Crippen molar-refractivity contribution in [3.05, 3.63) is 35.6 Å². The lowest BCUT2D eigenvalue weighted by Gasteiger charge is -2.03. The highest BCUT2D eigenvalue weighted by atomic mass is 19.3. The minimum atomic E-state index is -2.48. The average Bonchev–Trinajstić information content (AvgIpc) is 2.29. The molecule has 94 valence electrons. The maximum atomic E-state index is 12.6. The number of ether oxygens (including phenoxy) is 1. The molecule has 0 atom stereocenters. The number of Topliss-reactive ketones (excluding diaryl/α,β-unsaturated/α-hetero) is 1. The van der Waals surface area contributed by atoms with Crippen LogP contribution in [0, 0.1) is 5.82 Å². The van der Waals surface area contributed by atoms with Crippen LogP contribution < -0.4 is 0 Å². The summed E-state index contributed by atoms with van der Waals surface area (Å²) in [5.41, 5.74) is 0.417. The molecule has 1 aromatic carbocycles. The molecule has 0 saturated heterocycles. The zero-order valence-corrected chi connectivity index (χ0v) is 9.17. The van der Waals surface area contributed by atoms with Crippen LogP contribution in [-0.2, 0) is 4.74 Å². The van der Waals surface area contributed by atoms with E-state index in [9.17, 15) is 18.0 Å². The van der Waals surface area contributed by atoms with Gasteiger partial charge in [-0.25, -0.2) is 13.2 Å². The van der Waals surface area contributed by atoms with Crippen LogP contribution in [0.25, 0.3) is 0 Å². The van der Waals surface area contributed by atoms with Gasteiger partial charge >= 0.3 is 0 Å². The summed E-state index contributed by atoms with van der Waals surface area (Å²) in [6, 6.07) is 5.22. The lowest BCUT2D eigenvalue weighted by atomic mass is 10.1. The smallest absolute Gasteiger partial charge is 0.261 e. The van der Waals surface area contributed by atoms with Crippen LogP contribution in [0.1, 0.15) is 23.2 Å². The van der Waals surface area contributed by atoms with E-state index in [1.165, 1.54) is 24.3 Å². The molecule has 0 unspecified atom stereocenters. The summed E-state index contributed by atoms with van der Waals surface area (Å²) in [7, 11) is 0. The molecule has 0 bridgehead atoms. The molecule has 0 radical (unpaired) electrons. The van der Waals surface area contributed by atoms with Gasteiger partial charge in [0.25, 0.3) is 6.43 Å². The van der Waals surface area contributed by atoms with E-state index in [2.05, 4.69) is 4.74 Å². The molecular weight excluding hydrogens is 233 g/mol. The molecule has 1 rings (SSSR count). The Morgan fingerprint density at radius 3 is 2.47 bits per heavy atom.